The maximum absolute atomic E-state index is 12.5. The van der Waals surface area contributed by atoms with Crippen LogP contribution in [0.1, 0.15) is 367 Å². The molecule has 29 atom stereocenters. The first kappa shape index (κ1) is 95.6. The van der Waals surface area contributed by atoms with Crippen LogP contribution in [-0.2, 0) is 23.7 Å². The molecule has 0 saturated heterocycles. The van der Waals surface area contributed by atoms with Crippen LogP contribution >= 0.6 is 0 Å². The van der Waals surface area contributed by atoms with Crippen LogP contribution < -0.4 is 34.7 Å². The minimum Gasteiger partial charge on any atom is -0.857 e. The molecule has 12 rings (SSSR count). The fourth-order valence-corrected chi connectivity index (χ4v) is 32.3. The van der Waals surface area contributed by atoms with Gasteiger partial charge in [-0.3, -0.25) is 4.79 Å². The molecule has 0 aromatic carbocycles. The molecule has 4 N–H and O–H groups in total. The van der Waals surface area contributed by atoms with Gasteiger partial charge in [0, 0.05) is 32.7 Å². The molecule has 12 aliphatic rings. The van der Waals surface area contributed by atoms with Crippen molar-refractivity contribution in [2.75, 3.05) is 26.9 Å². The zero-order valence-electron chi connectivity index (χ0n) is 77.7. The Hall–Kier alpha value is -0.890. The monoisotopic (exact) mass is 1560 g/mol. The summed E-state index contributed by atoms with van der Waals surface area (Å²) in [5.41, 5.74) is 6.28. The summed E-state index contributed by atoms with van der Waals surface area (Å²) < 4.78 is 25.3. The summed E-state index contributed by atoms with van der Waals surface area (Å²) in [5.74, 6) is 5.03. The number of carbonyl (C=O) groups excluding carboxylic acids is 1. The molecular formula is C100H173NaO10. The first-order valence-electron chi connectivity index (χ1n) is 45.8. The van der Waals surface area contributed by atoms with Gasteiger partial charge in [0.1, 0.15) is 6.10 Å². The zero-order chi connectivity index (χ0) is 82.1. The standard InChI is InChI=1S/C35H60O4.C32H56O3.C32H54O2.CH3O.Na/c1-11-21-38-29-16-18-32(7)27(31(29,5)6)15-20-33(8)28(32)22-26(39-24(4)36)30-25(14-19-34(30,33)9)35(10,37)17-12-13-23(2)3;1-10-35-26-15-17-29(6)24(28(26,4)5)14-19-30(7)25(29)20-23(33)27-22(13-18-31(27,30)8)32(9,34)16-11-12-21(2)3;1-10-34-27-16-17-30(7)25(29(27,5)6)15-19-31(8)26(30)20-24(33)28-23(14-18-32(28,31)9)22(4)13-11-12-21(2)3;1-2;/h13,25-30,37H,11-12,14-22H2,1-10H3;12,22-27,33-34H,10-11,13-20H2,1-9H3;12-13,23-28,33H,10-11,14-20H2,1-9H3;1H3;/q;;;-1;+1/b;;22-13+;;/t25?,26?,27?,28?,29-,30?,32?,33?,34?,35?;22?,23?,24?,25?,26-,27?,29?,30?,31?,32?;23?,24?,25?,26?,27-,28?,30?,31?,32?;;/m000../s1. The number of carbonyl (C=O) groups is 1. The van der Waals surface area contributed by atoms with E-state index >= 15 is 0 Å². The molecule has 12 aliphatic carbocycles. The number of rotatable bonds is 19. The van der Waals surface area contributed by atoms with E-state index in [1.807, 2.05) is 0 Å². The molecule has 12 saturated carbocycles. The molecule has 0 radical (unpaired) electrons. The number of hydrogen-bond donors (Lipinski definition) is 4. The van der Waals surface area contributed by atoms with E-state index in [2.05, 4.69) is 211 Å². The van der Waals surface area contributed by atoms with Gasteiger partial charge < -0.3 is 44.5 Å². The SMILES string of the molecule is CCCO[C@H]1CCC2(C)C(CCC3(C)C2CC(OC(C)=O)C2C(C(C)(O)CCC=C(C)C)CCC23C)C1(C)C.CCO[C@H]1CCC2(C)C(CCC3(C)C2CC(O)C2C(/C(C)=C/CC=C(C)C)CCC23C)C1(C)C.CCO[C@H]1CCC2(C)C(CCC3(C)C2CC(O)C2C(C(C)(O)CCC=C(C)C)CCC23C)C1(C)C.C[O-].[Na+]. The van der Waals surface area contributed by atoms with E-state index < -0.39 is 11.2 Å². The summed E-state index contributed by atoms with van der Waals surface area (Å²) in [6.45, 7) is 67.8. The van der Waals surface area contributed by atoms with Crippen LogP contribution in [0.15, 0.2) is 46.6 Å². The fraction of sp³-hybridized carbons (Fsp3) is 0.910. The van der Waals surface area contributed by atoms with E-state index in [4.69, 9.17) is 24.1 Å². The Bertz CT molecular complexity index is 3240. The van der Waals surface area contributed by atoms with Crippen LogP contribution in [0.2, 0.25) is 0 Å². The minimum atomic E-state index is -0.770. The molecule has 0 amide bonds. The van der Waals surface area contributed by atoms with Crippen molar-refractivity contribution in [3.63, 3.8) is 0 Å². The molecule has 11 heteroatoms. The third kappa shape index (κ3) is 16.7. The number of hydrogen-bond acceptors (Lipinski definition) is 10. The first-order valence-corrected chi connectivity index (χ1v) is 45.8. The zero-order valence-corrected chi connectivity index (χ0v) is 79.7. The molecule has 0 bridgehead atoms. The van der Waals surface area contributed by atoms with E-state index in [0.717, 1.165) is 123 Å². The van der Waals surface area contributed by atoms with Gasteiger partial charge >= 0.3 is 35.5 Å². The quantitative estimate of drug-likeness (QED) is 0.0557. The second-order valence-electron chi connectivity index (χ2n) is 45.1. The van der Waals surface area contributed by atoms with Gasteiger partial charge in [-0.05, 0) is 380 Å². The Labute approximate surface area is 704 Å². The van der Waals surface area contributed by atoms with E-state index in [-0.39, 0.29) is 132 Å². The fourth-order valence-electron chi connectivity index (χ4n) is 32.3. The normalized spacial score (nSPS) is 45.6. The Morgan fingerprint density at radius 3 is 1.14 bits per heavy atom. The maximum atomic E-state index is 12.5. The van der Waals surface area contributed by atoms with Crippen LogP contribution in [-0.4, -0.2) is 101 Å². The van der Waals surface area contributed by atoms with Gasteiger partial charge in [-0.25, -0.2) is 0 Å². The second kappa shape index (κ2) is 35.3. The maximum Gasteiger partial charge on any atom is 1.00 e. The molecule has 10 nitrogen and oxygen atoms in total. The third-order valence-electron chi connectivity index (χ3n) is 38.1. The molecule has 0 aromatic heterocycles. The van der Waals surface area contributed by atoms with Crippen molar-refractivity contribution < 1.29 is 78.8 Å². The van der Waals surface area contributed by atoms with Crippen molar-refractivity contribution in [3.8, 4) is 0 Å². The van der Waals surface area contributed by atoms with Gasteiger partial charge in [0.25, 0.3) is 0 Å². The van der Waals surface area contributed by atoms with Gasteiger partial charge in [0.2, 0.25) is 0 Å². The van der Waals surface area contributed by atoms with E-state index in [1.165, 1.54) is 99.3 Å². The van der Waals surface area contributed by atoms with Crippen molar-refractivity contribution in [1.82, 2.24) is 0 Å². The average Bonchev–Trinajstić information content (AvgIpc) is 1.67. The largest absolute Gasteiger partial charge is 1.00 e. The van der Waals surface area contributed by atoms with Crippen molar-refractivity contribution in [1.29, 1.82) is 0 Å². The van der Waals surface area contributed by atoms with E-state index in [0.29, 0.717) is 76.5 Å². The van der Waals surface area contributed by atoms with Gasteiger partial charge in [-0.15, -0.1) is 0 Å². The Morgan fingerprint density at radius 1 is 0.423 bits per heavy atom. The van der Waals surface area contributed by atoms with Crippen molar-refractivity contribution >= 4 is 5.97 Å². The number of allylic oxidation sites excluding steroid dienone is 8. The number of aliphatic hydroxyl groups is 4. The molecular weight excluding hydrogens is 1380 g/mol. The smallest absolute Gasteiger partial charge is 0.857 e. The Morgan fingerprint density at radius 2 is 0.766 bits per heavy atom. The van der Waals surface area contributed by atoms with Gasteiger partial charge in [-0.1, -0.05) is 157 Å². The summed E-state index contributed by atoms with van der Waals surface area (Å²) >= 11 is 0. The van der Waals surface area contributed by atoms with Crippen LogP contribution in [0.25, 0.3) is 0 Å². The minimum absolute atomic E-state index is 0. The molecule has 0 aromatic rings. The van der Waals surface area contributed by atoms with Crippen LogP contribution in [0, 0.1) is 136 Å². The summed E-state index contributed by atoms with van der Waals surface area (Å²) in [5, 5.41) is 55.6. The Balaban J connectivity index is 0.000000206. The second-order valence-corrected chi connectivity index (χ2v) is 45.1. The average molecular weight is 1560 g/mol. The van der Waals surface area contributed by atoms with Crippen molar-refractivity contribution in [2.45, 2.75) is 415 Å². The first-order chi connectivity index (χ1) is 51.0. The number of ether oxygens (including phenoxy) is 4. The number of esters is 1. The topological polar surface area (TPSA) is 158 Å². The summed E-state index contributed by atoms with van der Waals surface area (Å²) in [7, 11) is 0.750. The van der Waals surface area contributed by atoms with E-state index in [9.17, 15) is 25.2 Å². The predicted octanol–water partition coefficient (Wildman–Crippen LogP) is 20.4. The number of fused-ring (bicyclic) bond motifs is 15. The molecule has 0 heterocycles. The Kier molecular flexibility index (Phi) is 30.4. The van der Waals surface area contributed by atoms with Gasteiger partial charge in [-0.2, -0.15) is 7.11 Å². The third-order valence-corrected chi connectivity index (χ3v) is 38.1. The van der Waals surface area contributed by atoms with Gasteiger partial charge in [0.05, 0.1) is 41.7 Å². The molecule has 26 unspecified atom stereocenters. The molecule has 0 aliphatic heterocycles. The van der Waals surface area contributed by atoms with Gasteiger partial charge in [0.15, 0.2) is 0 Å². The van der Waals surface area contributed by atoms with Crippen molar-refractivity contribution in [3.05, 3.63) is 46.6 Å². The molecule has 12 fully saturated rings. The van der Waals surface area contributed by atoms with Crippen LogP contribution in [0.3, 0.4) is 0 Å². The molecule has 634 valence electrons. The van der Waals surface area contributed by atoms with Crippen LogP contribution in [0.5, 0.6) is 0 Å². The van der Waals surface area contributed by atoms with Crippen LogP contribution in [0.4, 0.5) is 0 Å². The number of aliphatic hydroxyl groups excluding tert-OH is 2. The molecule has 111 heavy (non-hydrogen) atoms. The molecule has 0 spiro atoms. The summed E-state index contributed by atoms with van der Waals surface area (Å²) in [6.07, 6.45) is 39.5. The van der Waals surface area contributed by atoms with E-state index in [1.54, 1.807) is 6.92 Å². The summed E-state index contributed by atoms with van der Waals surface area (Å²) in [6, 6.07) is 0. The summed E-state index contributed by atoms with van der Waals surface area (Å²) in [4.78, 5) is 12.5. The van der Waals surface area contributed by atoms with Crippen molar-refractivity contribution in [2.24, 2.45) is 136 Å². The predicted molar refractivity (Wildman–Crippen MR) is 454 cm³/mol.